The molecule has 0 radical (unpaired) electrons. The topological polar surface area (TPSA) is 13.1 Å². The molecule has 0 saturated carbocycles. The minimum absolute atomic E-state index is 0.308. The van der Waals surface area contributed by atoms with Gasteiger partial charge in [-0.2, -0.15) is 0 Å². The van der Waals surface area contributed by atoms with Gasteiger partial charge in [0.25, 0.3) is 0 Å². The van der Waals surface area contributed by atoms with Crippen LogP contribution in [0.15, 0.2) is 22.8 Å². The highest BCUT2D eigenvalue weighted by atomic mass is 16.3. The summed E-state index contributed by atoms with van der Waals surface area (Å²) in [6.45, 7) is 6.80. The summed E-state index contributed by atoms with van der Waals surface area (Å²) in [6, 6.07) is 4.53. The van der Waals surface area contributed by atoms with Gasteiger partial charge in [0.05, 0.1) is 6.26 Å². The van der Waals surface area contributed by atoms with Crippen molar-refractivity contribution in [1.29, 1.82) is 0 Å². The van der Waals surface area contributed by atoms with Gasteiger partial charge in [-0.3, -0.25) is 0 Å². The molecule has 1 aliphatic carbocycles. The second-order valence-corrected chi connectivity index (χ2v) is 5.62. The Hall–Kier alpha value is -1.24. The largest absolute Gasteiger partial charge is 0.464 e. The van der Waals surface area contributed by atoms with E-state index in [4.69, 9.17) is 4.42 Å². The molecule has 2 aromatic rings. The van der Waals surface area contributed by atoms with E-state index in [2.05, 4.69) is 32.9 Å². The van der Waals surface area contributed by atoms with Crippen LogP contribution in [0.1, 0.15) is 43.4 Å². The van der Waals surface area contributed by atoms with Crippen molar-refractivity contribution in [2.75, 3.05) is 0 Å². The molecule has 0 aliphatic heterocycles. The van der Waals surface area contributed by atoms with Crippen LogP contribution in [-0.2, 0) is 11.8 Å². The summed E-state index contributed by atoms with van der Waals surface area (Å²) in [6.07, 6.45) is 5.61. The molecule has 1 heteroatoms. The van der Waals surface area contributed by atoms with Crippen LogP contribution in [0, 0.1) is 6.92 Å². The molecule has 0 fully saturated rings. The monoisotopic (exact) mass is 214 g/mol. The first kappa shape index (κ1) is 9.95. The van der Waals surface area contributed by atoms with Gasteiger partial charge in [-0.1, -0.05) is 26.0 Å². The number of benzene rings is 1. The molecule has 0 atom stereocenters. The maximum Gasteiger partial charge on any atom is 0.137 e. The molecule has 0 spiro atoms. The number of aryl methyl sites for hydroxylation is 2. The first-order valence-electron chi connectivity index (χ1n) is 6.10. The Labute approximate surface area is 96.5 Å². The van der Waals surface area contributed by atoms with Gasteiger partial charge in [-0.05, 0) is 48.3 Å². The molecule has 0 N–H and O–H groups in total. The lowest BCUT2D eigenvalue weighted by atomic mass is 9.72. The lowest BCUT2D eigenvalue weighted by Crippen LogP contribution is -2.23. The first-order chi connectivity index (χ1) is 7.59. The number of hydrogen-bond donors (Lipinski definition) is 0. The van der Waals surface area contributed by atoms with Gasteiger partial charge in [0.2, 0.25) is 0 Å². The summed E-state index contributed by atoms with van der Waals surface area (Å²) in [5.74, 6) is 0. The molecule has 0 saturated heterocycles. The Kier molecular flexibility index (Phi) is 1.95. The SMILES string of the molecule is Cc1coc2c3c(ccc12)C(C)(C)CCC3. The molecule has 0 amide bonds. The second-order valence-electron chi connectivity index (χ2n) is 5.62. The maximum atomic E-state index is 5.74. The highest BCUT2D eigenvalue weighted by Crippen LogP contribution is 2.40. The van der Waals surface area contributed by atoms with Gasteiger partial charge in [0.15, 0.2) is 0 Å². The minimum Gasteiger partial charge on any atom is -0.464 e. The Morgan fingerprint density at radius 1 is 1.25 bits per heavy atom. The fraction of sp³-hybridized carbons (Fsp3) is 0.467. The van der Waals surface area contributed by atoms with Crippen molar-refractivity contribution in [3.8, 4) is 0 Å². The summed E-state index contributed by atoms with van der Waals surface area (Å²) in [4.78, 5) is 0. The normalized spacial score (nSPS) is 18.7. The van der Waals surface area contributed by atoms with Gasteiger partial charge in [0.1, 0.15) is 5.58 Å². The fourth-order valence-corrected chi connectivity index (χ4v) is 3.01. The van der Waals surface area contributed by atoms with Crippen LogP contribution in [0.4, 0.5) is 0 Å². The van der Waals surface area contributed by atoms with Crippen molar-refractivity contribution >= 4 is 11.0 Å². The van der Waals surface area contributed by atoms with Gasteiger partial charge in [-0.15, -0.1) is 0 Å². The molecule has 1 nitrogen and oxygen atoms in total. The van der Waals surface area contributed by atoms with Crippen molar-refractivity contribution in [3.63, 3.8) is 0 Å². The van der Waals surface area contributed by atoms with Gasteiger partial charge < -0.3 is 4.42 Å². The highest BCUT2D eigenvalue weighted by Gasteiger charge is 2.29. The third kappa shape index (κ3) is 1.24. The number of hydrogen-bond acceptors (Lipinski definition) is 1. The summed E-state index contributed by atoms with van der Waals surface area (Å²) in [7, 11) is 0. The van der Waals surface area contributed by atoms with Crippen LogP contribution in [0.25, 0.3) is 11.0 Å². The third-order valence-corrected chi connectivity index (χ3v) is 4.00. The van der Waals surface area contributed by atoms with E-state index < -0.39 is 0 Å². The van der Waals surface area contributed by atoms with Gasteiger partial charge >= 0.3 is 0 Å². The Balaban J connectivity index is 2.35. The van der Waals surface area contributed by atoms with Crippen LogP contribution in [-0.4, -0.2) is 0 Å². The lowest BCUT2D eigenvalue weighted by Gasteiger charge is -2.32. The second kappa shape index (κ2) is 3.13. The van der Waals surface area contributed by atoms with Crippen LogP contribution in [0.5, 0.6) is 0 Å². The van der Waals surface area contributed by atoms with Crippen molar-refractivity contribution in [2.24, 2.45) is 0 Å². The van der Waals surface area contributed by atoms with Crippen LogP contribution in [0.2, 0.25) is 0 Å². The zero-order valence-corrected chi connectivity index (χ0v) is 10.3. The molecular weight excluding hydrogens is 196 g/mol. The van der Waals surface area contributed by atoms with Crippen molar-refractivity contribution in [1.82, 2.24) is 0 Å². The van der Waals surface area contributed by atoms with Crippen LogP contribution < -0.4 is 0 Å². The Morgan fingerprint density at radius 3 is 2.88 bits per heavy atom. The van der Waals surface area contributed by atoms with Gasteiger partial charge in [-0.25, -0.2) is 0 Å². The smallest absolute Gasteiger partial charge is 0.137 e. The van der Waals surface area contributed by atoms with Crippen LogP contribution >= 0.6 is 0 Å². The van der Waals surface area contributed by atoms with Crippen molar-refractivity contribution in [3.05, 3.63) is 35.1 Å². The van der Waals surface area contributed by atoms with E-state index in [1.54, 1.807) is 0 Å². The molecule has 16 heavy (non-hydrogen) atoms. The molecule has 0 bridgehead atoms. The van der Waals surface area contributed by atoms with Crippen molar-refractivity contribution in [2.45, 2.75) is 45.4 Å². The predicted molar refractivity (Wildman–Crippen MR) is 66.9 cm³/mol. The Bertz CT molecular complexity index is 546. The minimum atomic E-state index is 0.308. The number of rotatable bonds is 0. The standard InChI is InChI=1S/C15H18O/c1-10-9-16-14-11(10)6-7-13-12(14)5-4-8-15(13,2)3/h6-7,9H,4-5,8H2,1-3H3. The summed E-state index contributed by atoms with van der Waals surface area (Å²) >= 11 is 0. The summed E-state index contributed by atoms with van der Waals surface area (Å²) in [5, 5.41) is 1.29. The number of furan rings is 1. The van der Waals surface area contributed by atoms with E-state index in [0.29, 0.717) is 5.41 Å². The van der Waals surface area contributed by atoms with Crippen molar-refractivity contribution < 1.29 is 4.42 Å². The first-order valence-corrected chi connectivity index (χ1v) is 6.10. The zero-order valence-electron chi connectivity index (χ0n) is 10.3. The quantitative estimate of drug-likeness (QED) is 0.635. The summed E-state index contributed by atoms with van der Waals surface area (Å²) in [5.41, 5.74) is 5.62. The molecule has 1 aromatic heterocycles. The van der Waals surface area contributed by atoms with E-state index in [1.807, 2.05) is 6.26 Å². The fourth-order valence-electron chi connectivity index (χ4n) is 3.01. The summed E-state index contributed by atoms with van der Waals surface area (Å²) < 4.78 is 5.74. The van der Waals surface area contributed by atoms with E-state index >= 15 is 0 Å². The Morgan fingerprint density at radius 2 is 2.06 bits per heavy atom. The maximum absolute atomic E-state index is 5.74. The molecular formula is C15H18O. The van der Waals surface area contributed by atoms with E-state index in [-0.39, 0.29) is 0 Å². The zero-order chi connectivity index (χ0) is 11.3. The van der Waals surface area contributed by atoms with E-state index in [1.165, 1.54) is 41.3 Å². The molecule has 84 valence electrons. The average molecular weight is 214 g/mol. The average Bonchev–Trinajstić information content (AvgIpc) is 2.60. The van der Waals surface area contributed by atoms with Crippen LogP contribution in [0.3, 0.4) is 0 Å². The molecule has 1 aliphatic rings. The predicted octanol–water partition coefficient (Wildman–Crippen LogP) is 4.36. The third-order valence-electron chi connectivity index (χ3n) is 4.00. The number of fused-ring (bicyclic) bond motifs is 3. The highest BCUT2D eigenvalue weighted by molar-refractivity contribution is 5.85. The van der Waals surface area contributed by atoms with E-state index in [9.17, 15) is 0 Å². The molecule has 1 aromatic carbocycles. The molecule has 0 unspecified atom stereocenters. The lowest BCUT2D eigenvalue weighted by molar-refractivity contribution is 0.430. The molecule has 1 heterocycles. The van der Waals surface area contributed by atoms with E-state index in [0.717, 1.165) is 5.58 Å². The molecule has 3 rings (SSSR count). The van der Waals surface area contributed by atoms with Gasteiger partial charge in [0, 0.05) is 5.39 Å².